The van der Waals surface area contributed by atoms with Crippen LogP contribution in [-0.4, -0.2) is 41.8 Å². The third-order valence-corrected chi connectivity index (χ3v) is 3.22. The number of hydrogen-bond donors (Lipinski definition) is 2. The van der Waals surface area contributed by atoms with Crippen molar-refractivity contribution in [3.8, 4) is 5.75 Å². The van der Waals surface area contributed by atoms with Crippen LogP contribution in [0.25, 0.3) is 0 Å². The lowest BCUT2D eigenvalue weighted by atomic mass is 10.1. The third kappa shape index (κ3) is 6.45. The molecule has 1 aromatic rings. The molecular formula is C13H18FNO3S. The summed E-state index contributed by atoms with van der Waals surface area (Å²) < 4.78 is 17.8. The van der Waals surface area contributed by atoms with Gasteiger partial charge in [-0.25, -0.2) is 4.39 Å². The van der Waals surface area contributed by atoms with Gasteiger partial charge in [0.15, 0.2) is 6.61 Å². The molecular weight excluding hydrogens is 269 g/mol. The predicted octanol–water partition coefficient (Wildman–Crippen LogP) is 1.43. The van der Waals surface area contributed by atoms with E-state index in [1.807, 2.05) is 6.26 Å². The Morgan fingerprint density at radius 1 is 1.47 bits per heavy atom. The van der Waals surface area contributed by atoms with Gasteiger partial charge in [-0.2, -0.15) is 11.8 Å². The number of nitrogens with one attached hydrogen (secondary N) is 1. The summed E-state index contributed by atoms with van der Waals surface area (Å²) in [5.41, 5.74) is -0.940. The van der Waals surface area contributed by atoms with Gasteiger partial charge in [0, 0.05) is 12.3 Å². The number of ether oxygens (including phenoxy) is 1. The average molecular weight is 287 g/mol. The highest BCUT2D eigenvalue weighted by Crippen LogP contribution is 2.11. The van der Waals surface area contributed by atoms with E-state index in [4.69, 9.17) is 4.74 Å². The SMILES string of the molecule is CSC[C@@](C)(O)CNC(=O)COc1ccc(F)cc1. The molecule has 0 fully saturated rings. The van der Waals surface area contributed by atoms with Gasteiger partial charge in [-0.3, -0.25) is 4.79 Å². The molecule has 1 rings (SSSR count). The van der Waals surface area contributed by atoms with Crippen molar-refractivity contribution in [3.63, 3.8) is 0 Å². The maximum Gasteiger partial charge on any atom is 0.258 e. The Morgan fingerprint density at radius 2 is 2.11 bits per heavy atom. The smallest absolute Gasteiger partial charge is 0.258 e. The third-order valence-electron chi connectivity index (χ3n) is 2.31. The van der Waals surface area contributed by atoms with Crippen LogP contribution >= 0.6 is 11.8 Å². The monoisotopic (exact) mass is 287 g/mol. The molecule has 2 N–H and O–H groups in total. The van der Waals surface area contributed by atoms with Crippen LogP contribution in [0.1, 0.15) is 6.92 Å². The Kier molecular flexibility index (Phi) is 6.11. The van der Waals surface area contributed by atoms with Gasteiger partial charge in [0.2, 0.25) is 0 Å². The predicted molar refractivity (Wildman–Crippen MR) is 73.9 cm³/mol. The molecule has 0 aliphatic carbocycles. The lowest BCUT2D eigenvalue weighted by Gasteiger charge is -2.22. The molecule has 1 amide bonds. The zero-order valence-electron chi connectivity index (χ0n) is 11.0. The van der Waals surface area contributed by atoms with Gasteiger partial charge in [0.25, 0.3) is 5.91 Å². The van der Waals surface area contributed by atoms with Crippen LogP contribution in [0.3, 0.4) is 0 Å². The number of carbonyl (C=O) groups is 1. The molecule has 0 unspecified atom stereocenters. The van der Waals surface area contributed by atoms with Crippen molar-refractivity contribution in [3.05, 3.63) is 30.1 Å². The van der Waals surface area contributed by atoms with E-state index in [1.165, 1.54) is 36.0 Å². The summed E-state index contributed by atoms with van der Waals surface area (Å²) in [4.78, 5) is 11.5. The van der Waals surface area contributed by atoms with Crippen LogP contribution in [-0.2, 0) is 4.79 Å². The Morgan fingerprint density at radius 3 is 2.68 bits per heavy atom. The zero-order valence-corrected chi connectivity index (χ0v) is 11.8. The van der Waals surface area contributed by atoms with E-state index in [1.54, 1.807) is 6.92 Å². The number of aliphatic hydroxyl groups is 1. The molecule has 0 radical (unpaired) electrons. The van der Waals surface area contributed by atoms with E-state index in [9.17, 15) is 14.3 Å². The first-order chi connectivity index (χ1) is 8.93. The average Bonchev–Trinajstić information content (AvgIpc) is 2.36. The number of halogens is 1. The molecule has 0 bridgehead atoms. The molecule has 0 aromatic heterocycles. The summed E-state index contributed by atoms with van der Waals surface area (Å²) >= 11 is 1.50. The van der Waals surface area contributed by atoms with Gasteiger partial charge in [0.1, 0.15) is 11.6 Å². The quantitative estimate of drug-likeness (QED) is 0.796. The van der Waals surface area contributed by atoms with Gasteiger partial charge in [-0.15, -0.1) is 0 Å². The number of thioether (sulfide) groups is 1. The first kappa shape index (κ1) is 15.8. The highest BCUT2D eigenvalue weighted by Gasteiger charge is 2.20. The second-order valence-corrected chi connectivity index (χ2v) is 5.32. The molecule has 0 saturated heterocycles. The summed E-state index contributed by atoms with van der Waals surface area (Å²) in [5, 5.41) is 12.4. The Labute approximate surface area is 116 Å². The molecule has 19 heavy (non-hydrogen) atoms. The minimum atomic E-state index is -0.940. The van der Waals surface area contributed by atoms with E-state index in [2.05, 4.69) is 5.32 Å². The Hall–Kier alpha value is -1.27. The number of carbonyl (C=O) groups excluding carboxylic acids is 1. The number of amides is 1. The molecule has 0 aliphatic heterocycles. The zero-order chi connectivity index (χ0) is 14.3. The topological polar surface area (TPSA) is 58.6 Å². The van der Waals surface area contributed by atoms with Crippen LogP contribution < -0.4 is 10.1 Å². The Balaban J connectivity index is 2.30. The maximum absolute atomic E-state index is 12.6. The second-order valence-electron chi connectivity index (χ2n) is 4.45. The first-order valence-electron chi connectivity index (χ1n) is 5.79. The normalized spacial score (nSPS) is 13.7. The largest absolute Gasteiger partial charge is 0.484 e. The van der Waals surface area contributed by atoms with Gasteiger partial charge in [-0.05, 0) is 37.4 Å². The molecule has 4 nitrogen and oxygen atoms in total. The van der Waals surface area contributed by atoms with Crippen molar-refractivity contribution in [1.82, 2.24) is 5.32 Å². The highest BCUT2D eigenvalue weighted by atomic mass is 32.2. The van der Waals surface area contributed by atoms with Gasteiger partial charge >= 0.3 is 0 Å². The van der Waals surface area contributed by atoms with E-state index in [0.29, 0.717) is 11.5 Å². The standard InChI is InChI=1S/C13H18FNO3S/c1-13(17,9-19-2)8-15-12(16)7-18-11-5-3-10(14)4-6-11/h3-6,17H,7-9H2,1-2H3,(H,15,16)/t13-/m0/s1. The molecule has 0 saturated carbocycles. The fraction of sp³-hybridized carbons (Fsp3) is 0.462. The van der Waals surface area contributed by atoms with Crippen LogP contribution in [0.2, 0.25) is 0 Å². The van der Waals surface area contributed by atoms with Crippen molar-refractivity contribution >= 4 is 17.7 Å². The summed E-state index contributed by atoms with van der Waals surface area (Å²) in [6.07, 6.45) is 1.88. The molecule has 1 aromatic carbocycles. The minimum absolute atomic E-state index is 0.166. The molecule has 106 valence electrons. The first-order valence-corrected chi connectivity index (χ1v) is 7.19. The number of hydrogen-bond acceptors (Lipinski definition) is 4. The van der Waals surface area contributed by atoms with E-state index in [-0.39, 0.29) is 24.9 Å². The van der Waals surface area contributed by atoms with Crippen molar-refractivity contribution in [2.45, 2.75) is 12.5 Å². The maximum atomic E-state index is 12.6. The van der Waals surface area contributed by atoms with Crippen molar-refractivity contribution in [2.24, 2.45) is 0 Å². The van der Waals surface area contributed by atoms with Gasteiger partial charge in [-0.1, -0.05) is 0 Å². The highest BCUT2D eigenvalue weighted by molar-refractivity contribution is 7.98. The van der Waals surface area contributed by atoms with Crippen molar-refractivity contribution in [2.75, 3.05) is 25.2 Å². The van der Waals surface area contributed by atoms with Crippen LogP contribution in [0.5, 0.6) is 5.75 Å². The molecule has 0 heterocycles. The summed E-state index contributed by atoms with van der Waals surface area (Å²) in [5.74, 6) is 0.273. The van der Waals surface area contributed by atoms with E-state index in [0.717, 1.165) is 0 Å². The fourth-order valence-electron chi connectivity index (χ4n) is 1.38. The van der Waals surface area contributed by atoms with Crippen molar-refractivity contribution in [1.29, 1.82) is 0 Å². The van der Waals surface area contributed by atoms with Crippen LogP contribution in [0.15, 0.2) is 24.3 Å². The fourth-order valence-corrected chi connectivity index (χ4v) is 2.11. The van der Waals surface area contributed by atoms with Crippen LogP contribution in [0, 0.1) is 5.82 Å². The lowest BCUT2D eigenvalue weighted by molar-refractivity contribution is -0.124. The van der Waals surface area contributed by atoms with Crippen molar-refractivity contribution < 1.29 is 19.0 Å². The van der Waals surface area contributed by atoms with Gasteiger partial charge < -0.3 is 15.2 Å². The number of rotatable bonds is 7. The molecule has 0 spiro atoms. The summed E-state index contributed by atoms with van der Waals surface area (Å²) in [7, 11) is 0. The summed E-state index contributed by atoms with van der Waals surface area (Å²) in [6.45, 7) is 1.66. The van der Waals surface area contributed by atoms with Crippen LogP contribution in [0.4, 0.5) is 4.39 Å². The molecule has 0 aliphatic rings. The van der Waals surface area contributed by atoms with E-state index >= 15 is 0 Å². The Bertz CT molecular complexity index is 409. The van der Waals surface area contributed by atoms with Gasteiger partial charge in [0.05, 0.1) is 5.60 Å². The lowest BCUT2D eigenvalue weighted by Crippen LogP contribution is -2.43. The second kappa shape index (κ2) is 7.35. The number of benzene rings is 1. The minimum Gasteiger partial charge on any atom is -0.484 e. The molecule has 1 atom stereocenters. The van der Waals surface area contributed by atoms with E-state index < -0.39 is 5.60 Å². The molecule has 6 heteroatoms. The summed E-state index contributed by atoms with van der Waals surface area (Å²) in [6, 6.07) is 5.42.